The normalized spacial score (nSPS) is 15.9. The summed E-state index contributed by atoms with van der Waals surface area (Å²) in [5.41, 5.74) is 0. The molecule has 0 saturated carbocycles. The van der Waals surface area contributed by atoms with E-state index in [1.807, 2.05) is 0 Å². The second-order valence-electron chi connectivity index (χ2n) is 4.90. The minimum absolute atomic E-state index is 0.0863. The van der Waals surface area contributed by atoms with Gasteiger partial charge in [-0.25, -0.2) is 13.4 Å². The standard InChI is InChI=1S/C13H20N4O3S/c1-11(18)14-6-7-15-13-5-4-12(10-16-13)21(19,20)17-8-2-3-9-17/h4-5,10H,2-3,6-9H2,1H3,(H,14,18)(H,15,16). The largest absolute Gasteiger partial charge is 0.368 e. The van der Waals surface area contributed by atoms with Gasteiger partial charge in [0.15, 0.2) is 0 Å². The number of nitrogens with zero attached hydrogens (tertiary/aromatic N) is 2. The monoisotopic (exact) mass is 312 g/mol. The summed E-state index contributed by atoms with van der Waals surface area (Å²) in [6.07, 6.45) is 3.19. The third-order valence-corrected chi connectivity index (χ3v) is 5.13. The fourth-order valence-corrected chi connectivity index (χ4v) is 3.61. The molecule has 1 saturated heterocycles. The second-order valence-corrected chi connectivity index (χ2v) is 6.84. The van der Waals surface area contributed by atoms with Crippen molar-refractivity contribution >= 4 is 21.7 Å². The number of pyridine rings is 1. The van der Waals surface area contributed by atoms with E-state index in [2.05, 4.69) is 15.6 Å². The number of anilines is 1. The van der Waals surface area contributed by atoms with Crippen molar-refractivity contribution in [3.05, 3.63) is 18.3 Å². The molecule has 116 valence electrons. The average Bonchev–Trinajstić information content (AvgIpc) is 2.99. The van der Waals surface area contributed by atoms with E-state index < -0.39 is 10.0 Å². The maximum absolute atomic E-state index is 12.3. The summed E-state index contributed by atoms with van der Waals surface area (Å²) in [5, 5.41) is 5.67. The fourth-order valence-electron chi connectivity index (χ4n) is 2.14. The Balaban J connectivity index is 1.93. The molecule has 1 aromatic rings. The summed E-state index contributed by atoms with van der Waals surface area (Å²) >= 11 is 0. The van der Waals surface area contributed by atoms with E-state index in [0.717, 1.165) is 12.8 Å². The first-order valence-corrected chi connectivity index (χ1v) is 8.38. The first kappa shape index (κ1) is 15.7. The van der Waals surface area contributed by atoms with Gasteiger partial charge in [0.25, 0.3) is 0 Å². The molecule has 1 amide bonds. The number of hydrogen-bond donors (Lipinski definition) is 2. The quantitative estimate of drug-likeness (QED) is 0.743. The molecule has 0 atom stereocenters. The smallest absolute Gasteiger partial charge is 0.244 e. The Kier molecular flexibility index (Phi) is 5.13. The van der Waals surface area contributed by atoms with Gasteiger partial charge in [0.1, 0.15) is 10.7 Å². The Morgan fingerprint density at radius 3 is 2.57 bits per heavy atom. The summed E-state index contributed by atoms with van der Waals surface area (Å²) in [6, 6.07) is 3.19. The first-order chi connectivity index (χ1) is 10.00. The van der Waals surface area contributed by atoms with Gasteiger partial charge in [-0.1, -0.05) is 0 Å². The van der Waals surface area contributed by atoms with Gasteiger partial charge in [-0.05, 0) is 25.0 Å². The average molecular weight is 312 g/mol. The van der Waals surface area contributed by atoms with E-state index in [-0.39, 0.29) is 10.8 Å². The minimum Gasteiger partial charge on any atom is -0.368 e. The van der Waals surface area contributed by atoms with Crippen molar-refractivity contribution in [2.75, 3.05) is 31.5 Å². The third-order valence-electron chi connectivity index (χ3n) is 3.24. The van der Waals surface area contributed by atoms with Gasteiger partial charge < -0.3 is 10.6 Å². The molecular weight excluding hydrogens is 292 g/mol. The number of hydrogen-bond acceptors (Lipinski definition) is 5. The number of aromatic nitrogens is 1. The van der Waals surface area contributed by atoms with E-state index in [1.165, 1.54) is 17.4 Å². The van der Waals surface area contributed by atoms with Crippen LogP contribution in [0.3, 0.4) is 0 Å². The molecule has 7 nitrogen and oxygen atoms in total. The molecule has 8 heteroatoms. The maximum atomic E-state index is 12.3. The van der Waals surface area contributed by atoms with Gasteiger partial charge >= 0.3 is 0 Å². The van der Waals surface area contributed by atoms with Gasteiger partial charge in [-0.2, -0.15) is 4.31 Å². The molecule has 0 spiro atoms. The van der Waals surface area contributed by atoms with Crippen LogP contribution in [0.5, 0.6) is 0 Å². The SMILES string of the molecule is CC(=O)NCCNc1ccc(S(=O)(=O)N2CCCC2)cn1. The number of sulfonamides is 1. The van der Waals surface area contributed by atoms with Crippen molar-refractivity contribution in [1.29, 1.82) is 0 Å². The lowest BCUT2D eigenvalue weighted by Gasteiger charge is -2.15. The lowest BCUT2D eigenvalue weighted by atomic mass is 10.4. The van der Waals surface area contributed by atoms with Gasteiger partial charge in [0.05, 0.1) is 0 Å². The number of amides is 1. The number of carbonyl (C=O) groups is 1. The molecule has 0 unspecified atom stereocenters. The summed E-state index contributed by atoms with van der Waals surface area (Å²) in [7, 11) is -3.41. The Hall–Kier alpha value is -1.67. The Labute approximate surface area is 124 Å². The predicted octanol–water partition coefficient (Wildman–Crippen LogP) is 0.414. The van der Waals surface area contributed by atoms with Crippen molar-refractivity contribution < 1.29 is 13.2 Å². The molecule has 2 N–H and O–H groups in total. The van der Waals surface area contributed by atoms with E-state index in [4.69, 9.17) is 0 Å². The fraction of sp³-hybridized carbons (Fsp3) is 0.538. The first-order valence-electron chi connectivity index (χ1n) is 6.94. The molecule has 1 aliphatic heterocycles. The van der Waals surface area contributed by atoms with Crippen LogP contribution in [0.15, 0.2) is 23.2 Å². The van der Waals surface area contributed by atoms with Crippen LogP contribution < -0.4 is 10.6 Å². The summed E-state index contributed by atoms with van der Waals surface area (Å²) in [6.45, 7) is 3.64. The third kappa shape index (κ3) is 4.15. The van der Waals surface area contributed by atoms with Crippen LogP contribution >= 0.6 is 0 Å². The second kappa shape index (κ2) is 6.86. The van der Waals surface area contributed by atoms with Crippen molar-refractivity contribution in [1.82, 2.24) is 14.6 Å². The molecule has 21 heavy (non-hydrogen) atoms. The molecule has 0 aromatic carbocycles. The van der Waals surface area contributed by atoms with Crippen molar-refractivity contribution in [3.8, 4) is 0 Å². The van der Waals surface area contributed by atoms with E-state index in [0.29, 0.717) is 32.0 Å². The lowest BCUT2D eigenvalue weighted by Crippen LogP contribution is -2.28. The van der Waals surface area contributed by atoms with Crippen LogP contribution in [-0.2, 0) is 14.8 Å². The Morgan fingerprint density at radius 1 is 1.29 bits per heavy atom. The molecule has 1 fully saturated rings. The summed E-state index contributed by atoms with van der Waals surface area (Å²) in [5.74, 6) is 0.498. The zero-order valence-corrected chi connectivity index (χ0v) is 12.8. The zero-order chi connectivity index (χ0) is 15.3. The predicted molar refractivity (Wildman–Crippen MR) is 79.4 cm³/mol. The molecular formula is C13H20N4O3S. The van der Waals surface area contributed by atoms with Crippen LogP contribution in [0.25, 0.3) is 0 Å². The molecule has 0 aliphatic carbocycles. The van der Waals surface area contributed by atoms with Crippen molar-refractivity contribution in [2.24, 2.45) is 0 Å². The summed E-state index contributed by atoms with van der Waals surface area (Å²) in [4.78, 5) is 15.0. The van der Waals surface area contributed by atoms with Gasteiger partial charge in [-0.3, -0.25) is 4.79 Å². The van der Waals surface area contributed by atoms with Crippen LogP contribution in [0.1, 0.15) is 19.8 Å². The van der Waals surface area contributed by atoms with Crippen LogP contribution in [0.2, 0.25) is 0 Å². The van der Waals surface area contributed by atoms with E-state index >= 15 is 0 Å². The lowest BCUT2D eigenvalue weighted by molar-refractivity contribution is -0.118. The molecule has 1 aliphatic rings. The number of rotatable bonds is 6. The van der Waals surface area contributed by atoms with Gasteiger partial charge in [0, 0.05) is 39.3 Å². The zero-order valence-electron chi connectivity index (χ0n) is 12.0. The van der Waals surface area contributed by atoms with Gasteiger partial charge in [0.2, 0.25) is 15.9 Å². The molecule has 2 rings (SSSR count). The topological polar surface area (TPSA) is 91.4 Å². The minimum atomic E-state index is -3.41. The number of nitrogens with one attached hydrogen (secondary N) is 2. The highest BCUT2D eigenvalue weighted by molar-refractivity contribution is 7.89. The van der Waals surface area contributed by atoms with Crippen LogP contribution in [0, 0.1) is 0 Å². The van der Waals surface area contributed by atoms with Crippen LogP contribution in [-0.4, -0.2) is 49.8 Å². The highest BCUT2D eigenvalue weighted by Gasteiger charge is 2.27. The Bertz CT molecular complexity index is 580. The summed E-state index contributed by atoms with van der Waals surface area (Å²) < 4.78 is 26.1. The van der Waals surface area contributed by atoms with E-state index in [9.17, 15) is 13.2 Å². The molecule has 0 bridgehead atoms. The molecule has 1 aromatic heterocycles. The van der Waals surface area contributed by atoms with Crippen molar-refractivity contribution in [3.63, 3.8) is 0 Å². The van der Waals surface area contributed by atoms with Gasteiger partial charge in [-0.15, -0.1) is 0 Å². The molecule has 0 radical (unpaired) electrons. The van der Waals surface area contributed by atoms with Crippen molar-refractivity contribution in [2.45, 2.75) is 24.7 Å². The van der Waals surface area contributed by atoms with E-state index in [1.54, 1.807) is 12.1 Å². The highest BCUT2D eigenvalue weighted by Crippen LogP contribution is 2.20. The number of carbonyl (C=O) groups excluding carboxylic acids is 1. The molecule has 2 heterocycles. The van der Waals surface area contributed by atoms with Crippen LogP contribution in [0.4, 0.5) is 5.82 Å². The maximum Gasteiger partial charge on any atom is 0.244 e. The highest BCUT2D eigenvalue weighted by atomic mass is 32.2. The Morgan fingerprint density at radius 2 is 2.00 bits per heavy atom.